The van der Waals surface area contributed by atoms with Gasteiger partial charge in [-0.15, -0.1) is 0 Å². The molecule has 21 heavy (non-hydrogen) atoms. The van der Waals surface area contributed by atoms with Crippen LogP contribution < -0.4 is 10.6 Å². The summed E-state index contributed by atoms with van der Waals surface area (Å²) in [5, 5.41) is 14.2. The molecule has 0 saturated heterocycles. The van der Waals surface area contributed by atoms with Crippen molar-refractivity contribution in [2.24, 2.45) is 7.05 Å². The molecule has 110 valence electrons. The fourth-order valence-electron chi connectivity index (χ4n) is 1.74. The van der Waals surface area contributed by atoms with E-state index in [2.05, 4.69) is 15.6 Å². The highest BCUT2D eigenvalue weighted by Crippen LogP contribution is 2.04. The second kappa shape index (κ2) is 6.56. The smallest absolute Gasteiger partial charge is 0.335 e. The van der Waals surface area contributed by atoms with Gasteiger partial charge < -0.3 is 20.3 Å². The number of imidazole rings is 1. The van der Waals surface area contributed by atoms with E-state index >= 15 is 0 Å². The first-order chi connectivity index (χ1) is 10.1. The predicted molar refractivity (Wildman–Crippen MR) is 75.7 cm³/mol. The van der Waals surface area contributed by atoms with Crippen molar-refractivity contribution in [3.8, 4) is 0 Å². The Morgan fingerprint density at radius 2 is 1.86 bits per heavy atom. The number of amides is 2. The van der Waals surface area contributed by atoms with Crippen molar-refractivity contribution in [1.29, 1.82) is 0 Å². The lowest BCUT2D eigenvalue weighted by molar-refractivity contribution is 0.0697. The predicted octanol–water partition coefficient (Wildman–Crippen LogP) is 1.12. The van der Waals surface area contributed by atoms with Crippen LogP contribution in [0.25, 0.3) is 0 Å². The van der Waals surface area contributed by atoms with Crippen molar-refractivity contribution < 1.29 is 14.7 Å². The SMILES string of the molecule is Cn1ccnc1CNC(=O)NCc1ccc(C(=O)O)cc1. The van der Waals surface area contributed by atoms with Gasteiger partial charge in [0, 0.05) is 26.0 Å². The molecule has 1 heterocycles. The average molecular weight is 288 g/mol. The third-order valence-corrected chi connectivity index (χ3v) is 2.98. The number of nitrogens with zero attached hydrogens (tertiary/aromatic N) is 2. The van der Waals surface area contributed by atoms with Gasteiger partial charge in [0.25, 0.3) is 0 Å². The topological polar surface area (TPSA) is 96.3 Å². The van der Waals surface area contributed by atoms with Crippen molar-refractivity contribution in [3.63, 3.8) is 0 Å². The van der Waals surface area contributed by atoms with Gasteiger partial charge in [-0.2, -0.15) is 0 Å². The Labute approximate surface area is 121 Å². The Hall–Kier alpha value is -2.83. The summed E-state index contributed by atoms with van der Waals surface area (Å²) in [5.74, 6) is -0.210. The van der Waals surface area contributed by atoms with Crippen LogP contribution >= 0.6 is 0 Å². The van der Waals surface area contributed by atoms with Crippen LogP contribution in [-0.4, -0.2) is 26.7 Å². The normalized spacial score (nSPS) is 10.1. The number of aromatic carboxylic acids is 1. The zero-order chi connectivity index (χ0) is 15.2. The van der Waals surface area contributed by atoms with Crippen molar-refractivity contribution in [1.82, 2.24) is 20.2 Å². The molecule has 0 saturated carbocycles. The number of hydrogen-bond acceptors (Lipinski definition) is 3. The molecule has 0 unspecified atom stereocenters. The number of benzene rings is 1. The summed E-state index contributed by atoms with van der Waals surface area (Å²) in [6.07, 6.45) is 3.47. The molecule has 2 amide bonds. The standard InChI is InChI=1S/C14H16N4O3/c1-18-7-6-15-12(18)9-17-14(21)16-8-10-2-4-11(5-3-10)13(19)20/h2-7H,8-9H2,1H3,(H,19,20)(H2,16,17,21). The van der Waals surface area contributed by atoms with Gasteiger partial charge in [-0.25, -0.2) is 14.6 Å². The largest absolute Gasteiger partial charge is 0.478 e. The Balaban J connectivity index is 1.78. The minimum atomic E-state index is -0.970. The lowest BCUT2D eigenvalue weighted by Gasteiger charge is -2.08. The Kier molecular flexibility index (Phi) is 4.55. The van der Waals surface area contributed by atoms with Crippen LogP contribution in [0.5, 0.6) is 0 Å². The number of carbonyl (C=O) groups is 2. The molecule has 1 aromatic heterocycles. The molecule has 2 rings (SSSR count). The monoisotopic (exact) mass is 288 g/mol. The van der Waals surface area contributed by atoms with Gasteiger partial charge in [0.1, 0.15) is 5.82 Å². The fraction of sp³-hybridized carbons (Fsp3) is 0.214. The first-order valence-corrected chi connectivity index (χ1v) is 6.36. The molecule has 0 atom stereocenters. The summed E-state index contributed by atoms with van der Waals surface area (Å²) in [4.78, 5) is 26.5. The average Bonchev–Trinajstić information content (AvgIpc) is 2.88. The fourth-order valence-corrected chi connectivity index (χ4v) is 1.74. The van der Waals surface area contributed by atoms with Crippen molar-refractivity contribution in [2.75, 3.05) is 0 Å². The van der Waals surface area contributed by atoms with Gasteiger partial charge in [-0.3, -0.25) is 0 Å². The van der Waals surface area contributed by atoms with Crippen LogP contribution in [0.3, 0.4) is 0 Å². The maximum Gasteiger partial charge on any atom is 0.335 e. The molecule has 0 fully saturated rings. The molecule has 0 aliphatic heterocycles. The van der Waals surface area contributed by atoms with Gasteiger partial charge in [-0.05, 0) is 17.7 Å². The van der Waals surface area contributed by atoms with E-state index in [0.29, 0.717) is 13.1 Å². The number of carboxylic acids is 1. The minimum Gasteiger partial charge on any atom is -0.478 e. The number of aryl methyl sites for hydroxylation is 1. The van der Waals surface area contributed by atoms with Gasteiger partial charge in [0.15, 0.2) is 0 Å². The molecule has 0 spiro atoms. The lowest BCUT2D eigenvalue weighted by Crippen LogP contribution is -2.35. The van der Waals surface area contributed by atoms with Crippen molar-refractivity contribution in [2.45, 2.75) is 13.1 Å². The van der Waals surface area contributed by atoms with Crippen LogP contribution in [0.4, 0.5) is 4.79 Å². The number of carboxylic acid groups (broad SMARTS) is 1. The molecule has 7 heteroatoms. The van der Waals surface area contributed by atoms with Crippen LogP contribution in [-0.2, 0) is 20.1 Å². The number of aromatic nitrogens is 2. The quantitative estimate of drug-likeness (QED) is 0.768. The molecule has 0 bridgehead atoms. The second-order valence-corrected chi connectivity index (χ2v) is 4.49. The molecule has 1 aromatic carbocycles. The highest BCUT2D eigenvalue weighted by Gasteiger charge is 2.05. The van der Waals surface area contributed by atoms with E-state index < -0.39 is 5.97 Å². The molecule has 0 aliphatic carbocycles. The minimum absolute atomic E-state index is 0.220. The number of carbonyl (C=O) groups excluding carboxylic acids is 1. The number of urea groups is 1. The zero-order valence-electron chi connectivity index (χ0n) is 11.5. The van der Waals surface area contributed by atoms with E-state index in [1.165, 1.54) is 12.1 Å². The van der Waals surface area contributed by atoms with E-state index in [0.717, 1.165) is 11.4 Å². The summed E-state index contributed by atoms with van der Waals surface area (Å²) < 4.78 is 1.82. The highest BCUT2D eigenvalue weighted by molar-refractivity contribution is 5.87. The van der Waals surface area contributed by atoms with Crippen LogP contribution in [0, 0.1) is 0 Å². The molecule has 7 nitrogen and oxygen atoms in total. The van der Waals surface area contributed by atoms with Crippen LogP contribution in [0.1, 0.15) is 21.7 Å². The third kappa shape index (κ3) is 4.07. The van der Waals surface area contributed by atoms with E-state index in [4.69, 9.17) is 5.11 Å². The molecular weight excluding hydrogens is 272 g/mol. The highest BCUT2D eigenvalue weighted by atomic mass is 16.4. The van der Waals surface area contributed by atoms with Gasteiger partial charge in [-0.1, -0.05) is 12.1 Å². The number of rotatable bonds is 5. The van der Waals surface area contributed by atoms with Gasteiger partial charge in [0.2, 0.25) is 0 Å². The third-order valence-electron chi connectivity index (χ3n) is 2.98. The maximum absolute atomic E-state index is 11.6. The number of nitrogens with one attached hydrogen (secondary N) is 2. The maximum atomic E-state index is 11.6. The second-order valence-electron chi connectivity index (χ2n) is 4.49. The lowest BCUT2D eigenvalue weighted by atomic mass is 10.1. The summed E-state index contributed by atoms with van der Waals surface area (Å²) in [6, 6.07) is 6.04. The van der Waals surface area contributed by atoms with E-state index in [9.17, 15) is 9.59 Å². The molecule has 2 aromatic rings. The Morgan fingerprint density at radius 1 is 1.19 bits per heavy atom. The van der Waals surface area contributed by atoms with E-state index in [1.54, 1.807) is 24.5 Å². The van der Waals surface area contributed by atoms with Gasteiger partial charge in [0.05, 0.1) is 12.1 Å². The first-order valence-electron chi connectivity index (χ1n) is 6.36. The van der Waals surface area contributed by atoms with Crippen molar-refractivity contribution >= 4 is 12.0 Å². The Bertz CT molecular complexity index is 634. The summed E-state index contributed by atoms with van der Waals surface area (Å²) in [6.45, 7) is 0.666. The van der Waals surface area contributed by atoms with Crippen LogP contribution in [0.15, 0.2) is 36.7 Å². The number of hydrogen-bond donors (Lipinski definition) is 3. The van der Waals surface area contributed by atoms with E-state index in [1.807, 2.05) is 11.6 Å². The van der Waals surface area contributed by atoms with Crippen LogP contribution in [0.2, 0.25) is 0 Å². The molecule has 0 radical (unpaired) electrons. The van der Waals surface area contributed by atoms with Gasteiger partial charge >= 0.3 is 12.0 Å². The first kappa shape index (κ1) is 14.6. The summed E-state index contributed by atoms with van der Waals surface area (Å²) in [5.41, 5.74) is 1.05. The zero-order valence-corrected chi connectivity index (χ0v) is 11.5. The summed E-state index contributed by atoms with van der Waals surface area (Å²) >= 11 is 0. The van der Waals surface area contributed by atoms with E-state index in [-0.39, 0.29) is 11.6 Å². The molecule has 0 aliphatic rings. The summed E-state index contributed by atoms with van der Waals surface area (Å²) in [7, 11) is 1.85. The van der Waals surface area contributed by atoms with Crippen molar-refractivity contribution in [3.05, 3.63) is 53.6 Å². The molecular formula is C14H16N4O3. The molecule has 3 N–H and O–H groups in total. The Morgan fingerprint density at radius 3 is 2.43 bits per heavy atom.